The van der Waals surface area contributed by atoms with Gasteiger partial charge in [0.25, 0.3) is 5.91 Å². The molecular formula is C16H18N4O3S. The summed E-state index contributed by atoms with van der Waals surface area (Å²) in [7, 11) is 1.76. The molecule has 0 unspecified atom stereocenters. The molecule has 2 amide bonds. The average Bonchev–Trinajstić information content (AvgIpc) is 3.13. The summed E-state index contributed by atoms with van der Waals surface area (Å²) >= 11 is 1.26. The topological polar surface area (TPSA) is 83.6 Å². The molecule has 1 saturated heterocycles. The lowest BCUT2D eigenvalue weighted by Crippen LogP contribution is -2.23. The molecule has 8 heteroatoms. The van der Waals surface area contributed by atoms with Crippen LogP contribution in [0.1, 0.15) is 21.6 Å². The van der Waals surface area contributed by atoms with Crippen LogP contribution in [-0.4, -0.2) is 41.5 Å². The van der Waals surface area contributed by atoms with Gasteiger partial charge in [0, 0.05) is 19.3 Å². The molecular weight excluding hydrogens is 328 g/mol. The highest BCUT2D eigenvalue weighted by molar-refractivity contribution is 7.10. The van der Waals surface area contributed by atoms with E-state index in [0.29, 0.717) is 36.6 Å². The molecule has 0 radical (unpaired) electrons. The van der Waals surface area contributed by atoms with E-state index >= 15 is 0 Å². The number of aromatic nitrogens is 1. The summed E-state index contributed by atoms with van der Waals surface area (Å²) in [6.07, 6.45) is -0.303. The third kappa shape index (κ3) is 3.33. The maximum absolute atomic E-state index is 12.5. The monoisotopic (exact) mass is 346 g/mol. The molecule has 1 aliphatic rings. The predicted octanol–water partition coefficient (Wildman–Crippen LogP) is 2.70. The van der Waals surface area contributed by atoms with Crippen molar-refractivity contribution >= 4 is 34.2 Å². The van der Waals surface area contributed by atoms with Crippen molar-refractivity contribution in [1.29, 1.82) is 0 Å². The van der Waals surface area contributed by atoms with E-state index < -0.39 is 0 Å². The van der Waals surface area contributed by atoms with E-state index in [4.69, 9.17) is 4.74 Å². The first kappa shape index (κ1) is 16.3. The van der Waals surface area contributed by atoms with Gasteiger partial charge in [-0.3, -0.25) is 4.79 Å². The summed E-state index contributed by atoms with van der Waals surface area (Å²) in [4.78, 5) is 25.7. The molecule has 2 aromatic rings. The Balaban J connectivity index is 1.73. The van der Waals surface area contributed by atoms with Crippen LogP contribution >= 0.6 is 11.5 Å². The lowest BCUT2D eigenvalue weighted by molar-refractivity contribution is 0.102. The molecule has 126 valence electrons. The van der Waals surface area contributed by atoms with Crippen LogP contribution in [-0.2, 0) is 11.3 Å². The molecule has 1 aromatic carbocycles. The normalized spacial score (nSPS) is 13.8. The molecule has 0 spiro atoms. The predicted molar refractivity (Wildman–Crippen MR) is 92.6 cm³/mol. The van der Waals surface area contributed by atoms with Crippen LogP contribution in [0.5, 0.6) is 0 Å². The molecule has 24 heavy (non-hydrogen) atoms. The van der Waals surface area contributed by atoms with Gasteiger partial charge in [0.2, 0.25) is 0 Å². The van der Waals surface area contributed by atoms with E-state index in [0.717, 1.165) is 10.6 Å². The molecule has 2 N–H and O–H groups in total. The van der Waals surface area contributed by atoms with Crippen molar-refractivity contribution in [3.63, 3.8) is 0 Å². The first-order valence-corrected chi connectivity index (χ1v) is 8.32. The second-order valence-electron chi connectivity index (χ2n) is 5.41. The fourth-order valence-electron chi connectivity index (χ4n) is 2.54. The number of nitrogens with zero attached hydrogens (tertiary/aromatic N) is 2. The van der Waals surface area contributed by atoms with Crippen LogP contribution in [0.4, 0.5) is 15.5 Å². The summed E-state index contributed by atoms with van der Waals surface area (Å²) in [6.45, 7) is 3.28. The molecule has 0 bridgehead atoms. The van der Waals surface area contributed by atoms with Gasteiger partial charge in [-0.2, -0.15) is 4.37 Å². The van der Waals surface area contributed by atoms with Gasteiger partial charge in [-0.15, -0.1) is 0 Å². The standard InChI is InChI=1S/C16H18N4O3S/c1-10-13(15(17-2)24-19-10)14(21)18-12-5-3-4-11(8-12)9-20-6-7-23-16(20)22/h3-5,8,17H,6-7,9H2,1-2H3,(H,18,21). The maximum atomic E-state index is 12.5. The van der Waals surface area contributed by atoms with Gasteiger partial charge in [-0.1, -0.05) is 12.1 Å². The van der Waals surface area contributed by atoms with Crippen LogP contribution in [0.3, 0.4) is 0 Å². The summed E-state index contributed by atoms with van der Waals surface area (Å²) in [5, 5.41) is 6.61. The Kier molecular flexibility index (Phi) is 4.66. The zero-order valence-corrected chi connectivity index (χ0v) is 14.3. The minimum atomic E-state index is -0.303. The number of anilines is 2. The van der Waals surface area contributed by atoms with Gasteiger partial charge in [0.05, 0.1) is 17.8 Å². The van der Waals surface area contributed by atoms with Crippen LogP contribution < -0.4 is 10.6 Å². The zero-order valence-electron chi connectivity index (χ0n) is 13.5. The van der Waals surface area contributed by atoms with E-state index in [1.807, 2.05) is 31.2 Å². The number of carbonyl (C=O) groups is 2. The van der Waals surface area contributed by atoms with Crippen molar-refractivity contribution in [3.8, 4) is 0 Å². The molecule has 1 fully saturated rings. The first-order valence-electron chi connectivity index (χ1n) is 7.54. The van der Waals surface area contributed by atoms with Crippen molar-refractivity contribution in [3.05, 3.63) is 41.1 Å². The number of hydrogen-bond donors (Lipinski definition) is 2. The highest BCUT2D eigenvalue weighted by atomic mass is 32.1. The maximum Gasteiger partial charge on any atom is 0.410 e. The van der Waals surface area contributed by atoms with Gasteiger partial charge in [0.15, 0.2) is 0 Å². The Labute approximate surface area is 143 Å². The number of ether oxygens (including phenoxy) is 1. The number of aryl methyl sites for hydroxylation is 1. The Morgan fingerprint density at radius 3 is 3.00 bits per heavy atom. The van der Waals surface area contributed by atoms with Crippen molar-refractivity contribution in [2.24, 2.45) is 0 Å². The molecule has 7 nitrogen and oxygen atoms in total. The lowest BCUT2D eigenvalue weighted by Gasteiger charge is -2.13. The van der Waals surface area contributed by atoms with Crippen LogP contribution in [0, 0.1) is 6.92 Å². The van der Waals surface area contributed by atoms with Gasteiger partial charge >= 0.3 is 6.09 Å². The van der Waals surface area contributed by atoms with Gasteiger partial charge in [-0.25, -0.2) is 4.79 Å². The number of rotatable bonds is 5. The summed E-state index contributed by atoms with van der Waals surface area (Å²) in [5.41, 5.74) is 2.85. The molecule has 0 atom stereocenters. The van der Waals surface area contributed by atoms with Crippen molar-refractivity contribution in [2.75, 3.05) is 30.8 Å². The summed E-state index contributed by atoms with van der Waals surface area (Å²) in [5.74, 6) is -0.205. The molecule has 1 aromatic heterocycles. The van der Waals surface area contributed by atoms with Crippen molar-refractivity contribution < 1.29 is 14.3 Å². The molecule has 0 aliphatic carbocycles. The first-order chi connectivity index (χ1) is 11.6. The number of cyclic esters (lactones) is 1. The Morgan fingerprint density at radius 1 is 1.46 bits per heavy atom. The summed E-state index contributed by atoms with van der Waals surface area (Å²) < 4.78 is 9.13. The van der Waals surface area contributed by atoms with Crippen molar-refractivity contribution in [1.82, 2.24) is 9.27 Å². The number of nitrogens with one attached hydrogen (secondary N) is 2. The Hall–Kier alpha value is -2.61. The van der Waals surface area contributed by atoms with Crippen LogP contribution in [0.15, 0.2) is 24.3 Å². The van der Waals surface area contributed by atoms with E-state index in [1.54, 1.807) is 11.9 Å². The van der Waals surface area contributed by atoms with E-state index in [1.165, 1.54) is 11.5 Å². The smallest absolute Gasteiger partial charge is 0.410 e. The zero-order chi connectivity index (χ0) is 17.1. The Morgan fingerprint density at radius 2 is 2.29 bits per heavy atom. The van der Waals surface area contributed by atoms with E-state index in [-0.39, 0.29) is 12.0 Å². The van der Waals surface area contributed by atoms with E-state index in [2.05, 4.69) is 15.0 Å². The minimum absolute atomic E-state index is 0.205. The number of carbonyl (C=O) groups excluding carboxylic acids is 2. The average molecular weight is 346 g/mol. The molecule has 2 heterocycles. The van der Waals surface area contributed by atoms with Crippen LogP contribution in [0.2, 0.25) is 0 Å². The fraction of sp³-hybridized carbons (Fsp3) is 0.312. The highest BCUT2D eigenvalue weighted by Crippen LogP contribution is 2.25. The van der Waals surface area contributed by atoms with Crippen molar-refractivity contribution in [2.45, 2.75) is 13.5 Å². The lowest BCUT2D eigenvalue weighted by atomic mass is 10.1. The summed E-state index contributed by atoms with van der Waals surface area (Å²) in [6, 6.07) is 7.44. The SMILES string of the molecule is CNc1snc(C)c1C(=O)Nc1cccc(CN2CCOC2=O)c1. The van der Waals surface area contributed by atoms with Crippen LogP contribution in [0.25, 0.3) is 0 Å². The van der Waals surface area contributed by atoms with Gasteiger partial charge in [-0.05, 0) is 36.2 Å². The molecule has 3 rings (SSSR count). The Bertz CT molecular complexity index is 774. The van der Waals surface area contributed by atoms with Gasteiger partial charge in [0.1, 0.15) is 11.6 Å². The highest BCUT2D eigenvalue weighted by Gasteiger charge is 2.22. The second-order valence-corrected chi connectivity index (χ2v) is 6.19. The second kappa shape index (κ2) is 6.88. The fourth-order valence-corrected chi connectivity index (χ4v) is 3.28. The van der Waals surface area contributed by atoms with Gasteiger partial charge < -0.3 is 20.3 Å². The minimum Gasteiger partial charge on any atom is -0.448 e. The molecule has 1 aliphatic heterocycles. The van der Waals surface area contributed by atoms with E-state index in [9.17, 15) is 9.59 Å². The number of amides is 2. The third-order valence-electron chi connectivity index (χ3n) is 3.72. The third-order valence-corrected chi connectivity index (χ3v) is 4.68. The molecule has 0 saturated carbocycles. The number of benzene rings is 1. The quantitative estimate of drug-likeness (QED) is 0.870. The number of hydrogen-bond acceptors (Lipinski definition) is 6. The largest absolute Gasteiger partial charge is 0.448 e.